The van der Waals surface area contributed by atoms with Gasteiger partial charge in [0.05, 0.1) is 11.2 Å². The Kier molecular flexibility index (Phi) is 4.47. The highest BCUT2D eigenvalue weighted by Gasteiger charge is 2.52. The molecule has 2 aliphatic heterocycles. The maximum atomic E-state index is 12.5. The minimum Gasteiger partial charge on any atom is -0.399 e. The quantitative estimate of drug-likeness (QED) is 0.821. The molecule has 0 aliphatic carbocycles. The number of carbonyl (C=O) groups is 2. The molecule has 0 saturated carbocycles. The van der Waals surface area contributed by atoms with Gasteiger partial charge in [-0.05, 0) is 47.6 Å². The molecule has 1 saturated heterocycles. The average Bonchev–Trinajstić information content (AvgIpc) is 2.92. The van der Waals surface area contributed by atoms with Gasteiger partial charge in [-0.2, -0.15) is 0 Å². The molecule has 1 aromatic carbocycles. The van der Waals surface area contributed by atoms with E-state index in [0.29, 0.717) is 16.7 Å². The lowest BCUT2D eigenvalue weighted by Crippen LogP contribution is -2.41. The number of nitrogens with one attached hydrogen (secondary N) is 1. The fraction of sp³-hybridized carbons (Fsp3) is 0.526. The van der Waals surface area contributed by atoms with Crippen molar-refractivity contribution in [1.29, 1.82) is 0 Å². The third-order valence-electron chi connectivity index (χ3n) is 5.27. The van der Waals surface area contributed by atoms with E-state index in [4.69, 9.17) is 14.1 Å². The van der Waals surface area contributed by atoms with Crippen molar-refractivity contribution >= 4 is 35.7 Å². The molecule has 2 aliphatic rings. The molecule has 3 rings (SSSR count). The summed E-state index contributed by atoms with van der Waals surface area (Å²) in [4.78, 5) is 29.4. The number of benzene rings is 1. The number of anilines is 1. The first-order chi connectivity index (χ1) is 12.3. The van der Waals surface area contributed by atoms with Gasteiger partial charge in [-0.25, -0.2) is 0 Å². The molecule has 7 nitrogen and oxygen atoms in total. The molecule has 8 heteroatoms. The van der Waals surface area contributed by atoms with Crippen molar-refractivity contribution < 1.29 is 23.7 Å². The van der Waals surface area contributed by atoms with Gasteiger partial charge in [-0.15, -0.1) is 0 Å². The highest BCUT2D eigenvalue weighted by atomic mass is 16.7. The van der Waals surface area contributed by atoms with Gasteiger partial charge in [0.1, 0.15) is 0 Å². The smallest absolute Gasteiger partial charge is 0.399 e. The molecule has 2 heterocycles. The van der Waals surface area contributed by atoms with Crippen LogP contribution in [0.4, 0.5) is 5.69 Å². The number of hydrogen-bond donors (Lipinski definition) is 1. The maximum Gasteiger partial charge on any atom is 0.497 e. The summed E-state index contributed by atoms with van der Waals surface area (Å²) in [7, 11) is -0.692. The van der Waals surface area contributed by atoms with Crippen LogP contribution in [0.15, 0.2) is 23.4 Å². The Hall–Kier alpha value is -2.19. The Morgan fingerprint density at radius 1 is 1.07 bits per heavy atom. The van der Waals surface area contributed by atoms with Crippen molar-refractivity contribution in [2.24, 2.45) is 5.16 Å². The maximum absolute atomic E-state index is 12.5. The molecule has 0 aromatic heterocycles. The fourth-order valence-electron chi connectivity index (χ4n) is 2.89. The molecule has 1 N–H and O–H groups in total. The van der Waals surface area contributed by atoms with Crippen molar-refractivity contribution in [2.45, 2.75) is 65.3 Å². The van der Waals surface area contributed by atoms with Crippen LogP contribution >= 0.6 is 0 Å². The van der Waals surface area contributed by atoms with E-state index in [-0.39, 0.29) is 17.4 Å². The normalized spacial score (nSPS) is 22.4. The number of amides is 1. The van der Waals surface area contributed by atoms with Crippen molar-refractivity contribution in [3.63, 3.8) is 0 Å². The van der Waals surface area contributed by atoms with E-state index < -0.39 is 23.9 Å². The monoisotopic (exact) mass is 372 g/mol. The summed E-state index contributed by atoms with van der Waals surface area (Å²) in [5, 5.41) is 6.75. The van der Waals surface area contributed by atoms with E-state index in [1.165, 1.54) is 6.92 Å². The third kappa shape index (κ3) is 3.39. The fourth-order valence-corrected chi connectivity index (χ4v) is 2.89. The average molecular weight is 372 g/mol. The highest BCUT2D eigenvalue weighted by Crippen LogP contribution is 2.37. The minimum absolute atomic E-state index is 0.199. The van der Waals surface area contributed by atoms with E-state index in [9.17, 15) is 9.59 Å². The lowest BCUT2D eigenvalue weighted by atomic mass is 9.76. The van der Waals surface area contributed by atoms with Crippen LogP contribution in [0.5, 0.6) is 0 Å². The first-order valence-electron chi connectivity index (χ1n) is 8.92. The van der Waals surface area contributed by atoms with Gasteiger partial charge < -0.3 is 19.5 Å². The van der Waals surface area contributed by atoms with Crippen LogP contribution in [-0.2, 0) is 23.7 Å². The second kappa shape index (κ2) is 6.17. The number of rotatable bonds is 3. The largest absolute Gasteiger partial charge is 0.497 e. The molecule has 144 valence electrons. The Morgan fingerprint density at radius 2 is 1.67 bits per heavy atom. The van der Waals surface area contributed by atoms with E-state index in [1.807, 2.05) is 27.7 Å². The highest BCUT2D eigenvalue weighted by molar-refractivity contribution is 6.64. The van der Waals surface area contributed by atoms with E-state index in [1.54, 1.807) is 32.0 Å². The first-order valence-corrected chi connectivity index (χ1v) is 8.92. The summed E-state index contributed by atoms with van der Waals surface area (Å²) >= 11 is 0. The standard InChI is InChI=1S/C19H25BN2O5/c1-11(23)21-14-9-8-12(15-16(24)17(2,3)27-22-15)10-13(14)20-25-18(4,5)19(6,7)26-20/h8-10H,1-7H3,(H,21,23). The second-order valence-electron chi connectivity index (χ2n) is 8.44. The minimum atomic E-state index is -0.990. The zero-order valence-electron chi connectivity index (χ0n) is 16.8. The number of carbonyl (C=O) groups excluding carboxylic acids is 2. The zero-order valence-corrected chi connectivity index (χ0v) is 16.8. The van der Waals surface area contributed by atoms with Gasteiger partial charge in [-0.1, -0.05) is 17.3 Å². The number of Topliss-reactive ketones (excluding diaryl/α,β-unsaturated/α-hetero) is 1. The van der Waals surface area contributed by atoms with Crippen LogP contribution in [0.1, 0.15) is 54.0 Å². The molecule has 1 aromatic rings. The first kappa shape index (κ1) is 19.6. The third-order valence-corrected chi connectivity index (χ3v) is 5.27. The molecule has 0 spiro atoms. The summed E-state index contributed by atoms with van der Waals surface area (Å²) in [6, 6.07) is 5.20. The van der Waals surface area contributed by atoms with Gasteiger partial charge in [-0.3, -0.25) is 9.59 Å². The van der Waals surface area contributed by atoms with Crippen LogP contribution in [0.25, 0.3) is 0 Å². The van der Waals surface area contributed by atoms with Crippen LogP contribution in [0.2, 0.25) is 0 Å². The lowest BCUT2D eigenvalue weighted by molar-refractivity contribution is -0.128. The molecular formula is C19H25BN2O5. The van der Waals surface area contributed by atoms with E-state index in [2.05, 4.69) is 10.5 Å². The van der Waals surface area contributed by atoms with Crippen molar-refractivity contribution in [3.8, 4) is 0 Å². The molecule has 27 heavy (non-hydrogen) atoms. The van der Waals surface area contributed by atoms with Gasteiger partial charge in [0.25, 0.3) is 0 Å². The zero-order chi connectivity index (χ0) is 20.2. The molecule has 1 fully saturated rings. The second-order valence-corrected chi connectivity index (χ2v) is 8.44. The predicted molar refractivity (Wildman–Crippen MR) is 103 cm³/mol. The topological polar surface area (TPSA) is 86.2 Å². The van der Waals surface area contributed by atoms with Gasteiger partial charge >= 0.3 is 7.12 Å². The van der Waals surface area contributed by atoms with E-state index >= 15 is 0 Å². The van der Waals surface area contributed by atoms with Crippen molar-refractivity contribution in [2.75, 3.05) is 5.32 Å². The summed E-state index contributed by atoms with van der Waals surface area (Å²) in [5.74, 6) is -0.408. The predicted octanol–water partition coefficient (Wildman–Crippen LogP) is 2.03. The van der Waals surface area contributed by atoms with Crippen LogP contribution < -0.4 is 10.8 Å². The Balaban J connectivity index is 2.03. The summed E-state index contributed by atoms with van der Waals surface area (Å²) in [5.41, 5.74) is -0.0372. The summed E-state index contributed by atoms with van der Waals surface area (Å²) in [6.45, 7) is 12.6. The summed E-state index contributed by atoms with van der Waals surface area (Å²) in [6.07, 6.45) is 0. The Morgan fingerprint density at radius 3 is 2.15 bits per heavy atom. The Labute approximate surface area is 159 Å². The molecular weight excluding hydrogens is 347 g/mol. The van der Waals surface area contributed by atoms with Crippen LogP contribution in [0.3, 0.4) is 0 Å². The van der Waals surface area contributed by atoms with Crippen molar-refractivity contribution in [3.05, 3.63) is 23.8 Å². The number of nitrogens with zero attached hydrogens (tertiary/aromatic N) is 1. The van der Waals surface area contributed by atoms with Gasteiger partial charge in [0.15, 0.2) is 11.3 Å². The van der Waals surface area contributed by atoms with Gasteiger partial charge in [0, 0.05) is 23.6 Å². The van der Waals surface area contributed by atoms with Crippen LogP contribution in [-0.4, -0.2) is 41.3 Å². The molecule has 0 atom stereocenters. The number of hydrogen-bond acceptors (Lipinski definition) is 6. The van der Waals surface area contributed by atoms with Crippen molar-refractivity contribution in [1.82, 2.24) is 0 Å². The van der Waals surface area contributed by atoms with Crippen LogP contribution in [0, 0.1) is 0 Å². The van der Waals surface area contributed by atoms with Gasteiger partial charge in [0.2, 0.25) is 11.7 Å². The SMILES string of the molecule is CC(=O)Nc1ccc(C2=NOC(C)(C)C2=O)cc1B1OC(C)(C)C(C)(C)O1. The van der Waals surface area contributed by atoms with E-state index in [0.717, 1.165) is 0 Å². The molecule has 0 bridgehead atoms. The number of oxime groups is 1. The lowest BCUT2D eigenvalue weighted by Gasteiger charge is -2.32. The Bertz CT molecular complexity index is 829. The summed E-state index contributed by atoms with van der Waals surface area (Å²) < 4.78 is 12.3. The number of ketones is 1. The molecule has 1 amide bonds. The molecule has 0 radical (unpaired) electrons. The molecule has 0 unspecified atom stereocenters.